The summed E-state index contributed by atoms with van der Waals surface area (Å²) in [4.78, 5) is 30.2. The van der Waals surface area contributed by atoms with Crippen LogP contribution in [0.1, 0.15) is 58.5 Å². The first kappa shape index (κ1) is 20.0. The maximum absolute atomic E-state index is 13.1. The van der Waals surface area contributed by atoms with Crippen molar-refractivity contribution in [2.45, 2.75) is 44.8 Å². The van der Waals surface area contributed by atoms with Crippen LogP contribution >= 0.6 is 0 Å². The standard InChI is InChI=1S/C24H25N3O3/c1-16-12-15-25-21(23(29)27-24(30)13-5-2-6-14-24)20(16)26-22(28)19-11-7-9-17-8-3-4-10-18(17)19/h3-4,7-12,15,30H,2,5-6,13-14H2,1H3,(H,26,28)(H,27,29). The molecule has 1 aliphatic carbocycles. The van der Waals surface area contributed by atoms with Crippen LogP contribution in [0.4, 0.5) is 5.69 Å². The molecule has 1 saturated carbocycles. The molecule has 30 heavy (non-hydrogen) atoms. The minimum atomic E-state index is -1.22. The third-order valence-corrected chi connectivity index (χ3v) is 5.67. The average molecular weight is 403 g/mol. The Bertz CT molecular complexity index is 1100. The number of pyridine rings is 1. The monoisotopic (exact) mass is 403 g/mol. The molecule has 0 aliphatic heterocycles. The Morgan fingerprint density at radius 1 is 0.967 bits per heavy atom. The van der Waals surface area contributed by atoms with Gasteiger partial charge in [0.1, 0.15) is 5.72 Å². The Morgan fingerprint density at radius 2 is 1.70 bits per heavy atom. The van der Waals surface area contributed by atoms with Gasteiger partial charge in [0.2, 0.25) is 0 Å². The van der Waals surface area contributed by atoms with E-state index in [9.17, 15) is 14.7 Å². The van der Waals surface area contributed by atoms with E-state index in [-0.39, 0.29) is 11.6 Å². The predicted molar refractivity (Wildman–Crippen MR) is 116 cm³/mol. The molecule has 1 aliphatic rings. The Hall–Kier alpha value is -3.25. The second kappa shape index (κ2) is 8.24. The number of hydrogen-bond acceptors (Lipinski definition) is 4. The van der Waals surface area contributed by atoms with Crippen molar-refractivity contribution in [3.8, 4) is 0 Å². The minimum absolute atomic E-state index is 0.0996. The number of anilines is 1. The fraction of sp³-hybridized carbons (Fsp3) is 0.292. The Kier molecular flexibility index (Phi) is 5.50. The van der Waals surface area contributed by atoms with Crippen molar-refractivity contribution < 1.29 is 14.7 Å². The highest BCUT2D eigenvalue weighted by molar-refractivity contribution is 6.14. The van der Waals surface area contributed by atoms with Crippen molar-refractivity contribution in [1.82, 2.24) is 10.3 Å². The molecule has 1 fully saturated rings. The number of aliphatic hydroxyl groups is 1. The van der Waals surface area contributed by atoms with Crippen molar-refractivity contribution >= 4 is 28.3 Å². The SMILES string of the molecule is Cc1ccnc(C(=O)NC2(O)CCCCC2)c1NC(=O)c1cccc2ccccc12. The van der Waals surface area contributed by atoms with Gasteiger partial charge in [-0.05, 0) is 61.1 Å². The molecule has 0 atom stereocenters. The van der Waals surface area contributed by atoms with Crippen molar-refractivity contribution in [3.05, 3.63) is 71.5 Å². The van der Waals surface area contributed by atoms with E-state index < -0.39 is 11.6 Å². The lowest BCUT2D eigenvalue weighted by Crippen LogP contribution is -2.50. The van der Waals surface area contributed by atoms with E-state index in [1.807, 2.05) is 43.3 Å². The van der Waals surface area contributed by atoms with Crippen LogP contribution in [0.25, 0.3) is 10.8 Å². The number of nitrogens with zero attached hydrogens (tertiary/aromatic N) is 1. The van der Waals surface area contributed by atoms with Gasteiger partial charge >= 0.3 is 0 Å². The zero-order valence-electron chi connectivity index (χ0n) is 16.9. The lowest BCUT2D eigenvalue weighted by atomic mass is 9.91. The number of hydrogen-bond donors (Lipinski definition) is 3. The first-order valence-electron chi connectivity index (χ1n) is 10.3. The average Bonchev–Trinajstić information content (AvgIpc) is 2.74. The predicted octanol–water partition coefficient (Wildman–Crippen LogP) is 4.18. The highest BCUT2D eigenvalue weighted by Crippen LogP contribution is 2.27. The molecule has 6 nitrogen and oxygen atoms in total. The summed E-state index contributed by atoms with van der Waals surface area (Å²) in [6.07, 6.45) is 5.34. The third kappa shape index (κ3) is 4.04. The van der Waals surface area contributed by atoms with E-state index in [2.05, 4.69) is 15.6 Å². The van der Waals surface area contributed by atoms with Gasteiger partial charge in [-0.15, -0.1) is 0 Å². The van der Waals surface area contributed by atoms with Crippen LogP contribution in [0.15, 0.2) is 54.7 Å². The summed E-state index contributed by atoms with van der Waals surface area (Å²) in [6.45, 7) is 1.81. The zero-order chi connectivity index (χ0) is 21.1. The number of fused-ring (bicyclic) bond motifs is 1. The van der Waals surface area contributed by atoms with Gasteiger partial charge in [0.15, 0.2) is 5.69 Å². The van der Waals surface area contributed by atoms with Crippen LogP contribution in [0.3, 0.4) is 0 Å². The second-order valence-corrected chi connectivity index (χ2v) is 7.88. The van der Waals surface area contributed by atoms with Gasteiger partial charge in [0.25, 0.3) is 11.8 Å². The molecule has 2 amide bonds. The van der Waals surface area contributed by atoms with Gasteiger partial charge in [-0.3, -0.25) is 9.59 Å². The lowest BCUT2D eigenvalue weighted by molar-refractivity contribution is -0.0220. The number of rotatable bonds is 4. The molecule has 6 heteroatoms. The molecule has 0 spiro atoms. The Balaban J connectivity index is 1.63. The number of aryl methyl sites for hydroxylation is 1. The van der Waals surface area contributed by atoms with Crippen molar-refractivity contribution in [1.29, 1.82) is 0 Å². The van der Waals surface area contributed by atoms with Crippen LogP contribution in [0.5, 0.6) is 0 Å². The molecule has 0 unspecified atom stereocenters. The molecule has 1 heterocycles. The fourth-order valence-corrected chi connectivity index (χ4v) is 4.02. The number of carbonyl (C=O) groups is 2. The molecule has 3 N–H and O–H groups in total. The molecule has 0 saturated heterocycles. The van der Waals surface area contributed by atoms with Crippen LogP contribution in [-0.4, -0.2) is 27.6 Å². The maximum Gasteiger partial charge on any atom is 0.274 e. The number of benzene rings is 2. The van der Waals surface area contributed by atoms with Crippen LogP contribution in [0, 0.1) is 6.92 Å². The van der Waals surface area contributed by atoms with Gasteiger partial charge in [-0.2, -0.15) is 0 Å². The van der Waals surface area contributed by atoms with E-state index >= 15 is 0 Å². The quantitative estimate of drug-likeness (QED) is 0.570. The van der Waals surface area contributed by atoms with Crippen LogP contribution < -0.4 is 10.6 Å². The Labute approximate surface area is 175 Å². The fourth-order valence-electron chi connectivity index (χ4n) is 4.02. The number of carbonyl (C=O) groups excluding carboxylic acids is 2. The van der Waals surface area contributed by atoms with E-state index in [0.717, 1.165) is 35.6 Å². The summed E-state index contributed by atoms with van der Waals surface area (Å²) in [5, 5.41) is 18.1. The Morgan fingerprint density at radius 3 is 2.50 bits per heavy atom. The molecule has 0 bridgehead atoms. The lowest BCUT2D eigenvalue weighted by Gasteiger charge is -2.32. The number of nitrogens with one attached hydrogen (secondary N) is 2. The molecule has 0 radical (unpaired) electrons. The van der Waals surface area contributed by atoms with Gasteiger partial charge in [0, 0.05) is 11.8 Å². The van der Waals surface area contributed by atoms with Gasteiger partial charge in [-0.25, -0.2) is 4.98 Å². The highest BCUT2D eigenvalue weighted by Gasteiger charge is 2.32. The van der Waals surface area contributed by atoms with Crippen molar-refractivity contribution in [2.24, 2.45) is 0 Å². The van der Waals surface area contributed by atoms with Crippen molar-refractivity contribution in [3.63, 3.8) is 0 Å². The summed E-state index contributed by atoms with van der Waals surface area (Å²) in [5.41, 5.74) is 0.473. The molecular formula is C24H25N3O3. The normalized spacial score (nSPS) is 15.5. The molecular weight excluding hydrogens is 378 g/mol. The van der Waals surface area contributed by atoms with Gasteiger partial charge in [0.05, 0.1) is 5.69 Å². The smallest absolute Gasteiger partial charge is 0.274 e. The highest BCUT2D eigenvalue weighted by atomic mass is 16.3. The summed E-state index contributed by atoms with van der Waals surface area (Å²) in [6, 6.07) is 14.9. The number of amides is 2. The maximum atomic E-state index is 13.1. The minimum Gasteiger partial charge on any atom is -0.371 e. The van der Waals surface area contributed by atoms with E-state index in [4.69, 9.17) is 0 Å². The molecule has 4 rings (SSSR count). The van der Waals surface area contributed by atoms with E-state index in [1.54, 1.807) is 12.1 Å². The number of aromatic nitrogens is 1. The summed E-state index contributed by atoms with van der Waals surface area (Å²) >= 11 is 0. The first-order chi connectivity index (χ1) is 14.5. The van der Waals surface area contributed by atoms with E-state index in [0.29, 0.717) is 24.1 Å². The summed E-state index contributed by atoms with van der Waals surface area (Å²) < 4.78 is 0. The topological polar surface area (TPSA) is 91.3 Å². The van der Waals surface area contributed by atoms with Crippen LogP contribution in [-0.2, 0) is 0 Å². The van der Waals surface area contributed by atoms with Gasteiger partial charge in [-0.1, -0.05) is 42.8 Å². The largest absolute Gasteiger partial charge is 0.371 e. The zero-order valence-corrected chi connectivity index (χ0v) is 16.9. The molecule has 1 aromatic heterocycles. The molecule has 3 aromatic rings. The molecule has 2 aromatic carbocycles. The second-order valence-electron chi connectivity index (χ2n) is 7.88. The summed E-state index contributed by atoms with van der Waals surface area (Å²) in [7, 11) is 0. The van der Waals surface area contributed by atoms with E-state index in [1.165, 1.54) is 6.20 Å². The van der Waals surface area contributed by atoms with Crippen LogP contribution in [0.2, 0.25) is 0 Å². The summed E-state index contributed by atoms with van der Waals surface area (Å²) in [5.74, 6) is -0.801. The third-order valence-electron chi connectivity index (χ3n) is 5.67. The van der Waals surface area contributed by atoms with Gasteiger partial charge < -0.3 is 15.7 Å². The van der Waals surface area contributed by atoms with Crippen molar-refractivity contribution in [2.75, 3.05) is 5.32 Å². The first-order valence-corrected chi connectivity index (χ1v) is 10.3. The molecule has 154 valence electrons.